The summed E-state index contributed by atoms with van der Waals surface area (Å²) in [4.78, 5) is 0. The van der Waals surface area contributed by atoms with E-state index in [0.717, 1.165) is 11.1 Å². The van der Waals surface area contributed by atoms with E-state index in [1.54, 1.807) is 18.6 Å². The summed E-state index contributed by atoms with van der Waals surface area (Å²) in [5.74, 6) is -0.0801. The number of rotatable bonds is 5. The highest BCUT2D eigenvalue weighted by atomic mass is 19.1. The van der Waals surface area contributed by atoms with Gasteiger partial charge in [0, 0.05) is 17.6 Å². The largest absolute Gasteiger partial charge is 0.494 e. The molecule has 0 saturated heterocycles. The highest BCUT2D eigenvalue weighted by Crippen LogP contribution is 2.24. The van der Waals surface area contributed by atoms with Crippen LogP contribution in [0.1, 0.15) is 37.1 Å². The van der Waals surface area contributed by atoms with E-state index in [4.69, 9.17) is 9.15 Å². The summed E-state index contributed by atoms with van der Waals surface area (Å²) in [7, 11) is 1.46. The average molecular weight is 263 g/mol. The predicted octanol–water partition coefficient (Wildman–Crippen LogP) is 3.84. The van der Waals surface area contributed by atoms with Gasteiger partial charge in [-0.3, -0.25) is 0 Å². The molecule has 2 aromatic rings. The van der Waals surface area contributed by atoms with Crippen molar-refractivity contribution in [2.75, 3.05) is 7.11 Å². The first-order valence-corrected chi connectivity index (χ1v) is 6.23. The maximum atomic E-state index is 13.7. The van der Waals surface area contributed by atoms with Crippen molar-refractivity contribution in [3.8, 4) is 5.75 Å². The van der Waals surface area contributed by atoms with Crippen LogP contribution in [0, 0.1) is 5.82 Å². The minimum absolute atomic E-state index is 0.0327. The lowest BCUT2D eigenvalue weighted by Gasteiger charge is -2.19. The zero-order valence-corrected chi connectivity index (χ0v) is 11.3. The fourth-order valence-electron chi connectivity index (χ4n) is 2.04. The molecule has 1 aromatic heterocycles. The third-order valence-corrected chi connectivity index (χ3v) is 3.22. The molecule has 3 nitrogen and oxygen atoms in total. The highest BCUT2D eigenvalue weighted by molar-refractivity contribution is 5.31. The van der Waals surface area contributed by atoms with Gasteiger partial charge in [0.05, 0.1) is 19.6 Å². The van der Waals surface area contributed by atoms with Gasteiger partial charge < -0.3 is 14.5 Å². The van der Waals surface area contributed by atoms with E-state index in [2.05, 4.69) is 5.32 Å². The van der Waals surface area contributed by atoms with Crippen molar-refractivity contribution >= 4 is 0 Å². The van der Waals surface area contributed by atoms with Crippen LogP contribution in [0.4, 0.5) is 4.39 Å². The standard InChI is InChI=1S/C15H18FNO2/c1-10(17-11(2)13-6-7-19-9-13)12-4-5-15(18-3)14(16)8-12/h4-11,17H,1-3H3. The van der Waals surface area contributed by atoms with Crippen molar-refractivity contribution in [1.82, 2.24) is 5.32 Å². The van der Waals surface area contributed by atoms with Crippen LogP contribution in [-0.2, 0) is 0 Å². The second-order valence-electron chi connectivity index (χ2n) is 4.56. The number of nitrogens with one attached hydrogen (secondary N) is 1. The van der Waals surface area contributed by atoms with E-state index in [0.29, 0.717) is 0 Å². The van der Waals surface area contributed by atoms with Crippen molar-refractivity contribution in [1.29, 1.82) is 0 Å². The Hall–Kier alpha value is -1.81. The lowest BCUT2D eigenvalue weighted by atomic mass is 10.1. The number of furan rings is 1. The summed E-state index contributed by atoms with van der Waals surface area (Å²) in [5, 5.41) is 3.40. The van der Waals surface area contributed by atoms with Gasteiger partial charge >= 0.3 is 0 Å². The fourth-order valence-corrected chi connectivity index (χ4v) is 2.04. The van der Waals surface area contributed by atoms with E-state index in [-0.39, 0.29) is 23.7 Å². The SMILES string of the molecule is COc1ccc(C(C)NC(C)c2ccoc2)cc1F. The van der Waals surface area contributed by atoms with Crippen molar-refractivity contribution in [2.24, 2.45) is 0 Å². The van der Waals surface area contributed by atoms with E-state index in [1.807, 2.05) is 26.0 Å². The molecule has 0 aliphatic rings. The molecule has 2 atom stereocenters. The third-order valence-electron chi connectivity index (χ3n) is 3.22. The van der Waals surface area contributed by atoms with Gasteiger partial charge in [-0.1, -0.05) is 6.07 Å². The maximum Gasteiger partial charge on any atom is 0.165 e. The Balaban J connectivity index is 2.07. The molecule has 0 aliphatic carbocycles. The molecule has 2 unspecified atom stereocenters. The molecule has 1 heterocycles. The number of benzene rings is 1. The number of ether oxygens (including phenoxy) is 1. The third kappa shape index (κ3) is 3.15. The van der Waals surface area contributed by atoms with Crippen LogP contribution in [-0.4, -0.2) is 7.11 Å². The number of halogens is 1. The minimum Gasteiger partial charge on any atom is -0.494 e. The van der Waals surface area contributed by atoms with Crippen LogP contribution in [0.3, 0.4) is 0 Å². The second kappa shape index (κ2) is 5.89. The van der Waals surface area contributed by atoms with Crippen LogP contribution in [0.15, 0.2) is 41.2 Å². The molecule has 0 fully saturated rings. The lowest BCUT2D eigenvalue weighted by molar-refractivity contribution is 0.385. The summed E-state index contributed by atoms with van der Waals surface area (Å²) in [6.45, 7) is 4.04. The maximum absolute atomic E-state index is 13.7. The molecule has 102 valence electrons. The number of hydrogen-bond acceptors (Lipinski definition) is 3. The van der Waals surface area contributed by atoms with E-state index >= 15 is 0 Å². The van der Waals surface area contributed by atoms with E-state index < -0.39 is 0 Å². The molecule has 2 rings (SSSR count). The Morgan fingerprint density at radius 3 is 2.47 bits per heavy atom. The molecule has 0 amide bonds. The van der Waals surface area contributed by atoms with Gasteiger partial charge in [0.25, 0.3) is 0 Å². The number of methoxy groups -OCH3 is 1. The Bertz CT molecular complexity index is 525. The monoisotopic (exact) mass is 263 g/mol. The molecule has 1 N–H and O–H groups in total. The van der Waals surface area contributed by atoms with Crippen molar-refractivity contribution in [3.05, 3.63) is 53.7 Å². The van der Waals surface area contributed by atoms with Gasteiger partial charge in [-0.2, -0.15) is 0 Å². The van der Waals surface area contributed by atoms with Gasteiger partial charge in [0.1, 0.15) is 0 Å². The lowest BCUT2D eigenvalue weighted by Crippen LogP contribution is -2.22. The first-order valence-electron chi connectivity index (χ1n) is 6.23. The Morgan fingerprint density at radius 2 is 1.89 bits per heavy atom. The molecule has 0 spiro atoms. The van der Waals surface area contributed by atoms with Crippen LogP contribution in [0.5, 0.6) is 5.75 Å². The Morgan fingerprint density at radius 1 is 1.16 bits per heavy atom. The molecular formula is C15H18FNO2. The highest BCUT2D eigenvalue weighted by Gasteiger charge is 2.13. The van der Waals surface area contributed by atoms with Crippen molar-refractivity contribution < 1.29 is 13.5 Å². The van der Waals surface area contributed by atoms with Crippen molar-refractivity contribution in [2.45, 2.75) is 25.9 Å². The zero-order valence-electron chi connectivity index (χ0n) is 11.3. The van der Waals surface area contributed by atoms with Crippen LogP contribution >= 0.6 is 0 Å². The van der Waals surface area contributed by atoms with E-state index in [9.17, 15) is 4.39 Å². The summed E-state index contributed by atoms with van der Waals surface area (Å²) in [6, 6.07) is 7.09. The molecule has 0 aliphatic heterocycles. The zero-order chi connectivity index (χ0) is 13.8. The minimum atomic E-state index is -0.343. The molecule has 1 aromatic carbocycles. The Kier molecular flexibility index (Phi) is 4.22. The van der Waals surface area contributed by atoms with Crippen LogP contribution < -0.4 is 10.1 Å². The molecular weight excluding hydrogens is 245 g/mol. The second-order valence-corrected chi connectivity index (χ2v) is 4.56. The quantitative estimate of drug-likeness (QED) is 0.890. The molecule has 0 saturated carbocycles. The van der Waals surface area contributed by atoms with Gasteiger partial charge in [-0.05, 0) is 37.6 Å². The summed E-state index contributed by atoms with van der Waals surface area (Å²) >= 11 is 0. The Labute approximate surface area is 112 Å². The average Bonchev–Trinajstić information content (AvgIpc) is 2.92. The first-order chi connectivity index (χ1) is 9.11. The topological polar surface area (TPSA) is 34.4 Å². The van der Waals surface area contributed by atoms with E-state index in [1.165, 1.54) is 13.2 Å². The van der Waals surface area contributed by atoms with Gasteiger partial charge in [-0.25, -0.2) is 4.39 Å². The molecule has 4 heteroatoms. The van der Waals surface area contributed by atoms with Crippen LogP contribution in [0.25, 0.3) is 0 Å². The van der Waals surface area contributed by atoms with Crippen LogP contribution in [0.2, 0.25) is 0 Å². The van der Waals surface area contributed by atoms with Crippen molar-refractivity contribution in [3.63, 3.8) is 0 Å². The van der Waals surface area contributed by atoms with Gasteiger partial charge in [0.2, 0.25) is 0 Å². The first kappa shape index (κ1) is 13.6. The molecule has 19 heavy (non-hydrogen) atoms. The fraction of sp³-hybridized carbons (Fsp3) is 0.333. The molecule has 0 radical (unpaired) electrons. The summed E-state index contributed by atoms with van der Waals surface area (Å²) in [5.41, 5.74) is 1.95. The molecule has 0 bridgehead atoms. The predicted molar refractivity (Wildman–Crippen MR) is 71.6 cm³/mol. The van der Waals surface area contributed by atoms with Gasteiger partial charge in [-0.15, -0.1) is 0 Å². The van der Waals surface area contributed by atoms with Gasteiger partial charge in [0.15, 0.2) is 11.6 Å². The number of hydrogen-bond donors (Lipinski definition) is 1. The smallest absolute Gasteiger partial charge is 0.165 e. The summed E-state index contributed by atoms with van der Waals surface area (Å²) in [6.07, 6.45) is 3.35. The summed E-state index contributed by atoms with van der Waals surface area (Å²) < 4.78 is 23.6. The normalized spacial score (nSPS) is 14.1.